The van der Waals surface area contributed by atoms with Crippen LogP contribution in [0.4, 0.5) is 0 Å². The van der Waals surface area contributed by atoms with E-state index in [9.17, 15) is 14.4 Å². The maximum absolute atomic E-state index is 11.8. The molecule has 0 saturated heterocycles. The molecule has 10 nitrogen and oxygen atoms in total. The van der Waals surface area contributed by atoms with Crippen molar-refractivity contribution in [3.63, 3.8) is 0 Å². The molecule has 1 aliphatic rings. The quantitative estimate of drug-likeness (QED) is 0.396. The first-order valence-electron chi connectivity index (χ1n) is 8.89. The van der Waals surface area contributed by atoms with Gasteiger partial charge >= 0.3 is 5.97 Å². The summed E-state index contributed by atoms with van der Waals surface area (Å²) in [7, 11) is 0. The topological polar surface area (TPSA) is 125 Å². The molecule has 30 heavy (non-hydrogen) atoms. The second-order valence-electron chi connectivity index (χ2n) is 6.05. The fourth-order valence-electron chi connectivity index (χ4n) is 2.37. The first-order chi connectivity index (χ1) is 14.5. The number of nitrogens with zero attached hydrogens (tertiary/aromatic N) is 1. The lowest BCUT2D eigenvalue weighted by Crippen LogP contribution is -2.43. The summed E-state index contributed by atoms with van der Waals surface area (Å²) in [6, 6.07) is 13.6. The molecule has 0 unspecified atom stereocenters. The Balaban J connectivity index is 1.35. The summed E-state index contributed by atoms with van der Waals surface area (Å²) in [5.41, 5.74) is 5.99. The zero-order valence-corrected chi connectivity index (χ0v) is 16.0. The molecule has 0 spiro atoms. The van der Waals surface area contributed by atoms with E-state index in [4.69, 9.17) is 19.0 Å². The maximum Gasteiger partial charge on any atom is 0.347 e. The van der Waals surface area contributed by atoms with Gasteiger partial charge in [-0.1, -0.05) is 23.4 Å². The van der Waals surface area contributed by atoms with Gasteiger partial charge in [-0.2, -0.15) is 0 Å². The number of oxime groups is 1. The summed E-state index contributed by atoms with van der Waals surface area (Å²) in [4.78, 5) is 40.1. The van der Waals surface area contributed by atoms with Gasteiger partial charge in [0.1, 0.15) is 0 Å². The van der Waals surface area contributed by atoms with E-state index in [0.29, 0.717) is 22.8 Å². The van der Waals surface area contributed by atoms with E-state index in [-0.39, 0.29) is 6.79 Å². The normalized spacial score (nSPS) is 12.1. The Labute approximate surface area is 171 Å². The van der Waals surface area contributed by atoms with E-state index in [1.54, 1.807) is 55.5 Å². The molecule has 0 bridgehead atoms. The average molecular weight is 413 g/mol. The number of esters is 1. The highest BCUT2D eigenvalue weighted by Gasteiger charge is 2.14. The minimum Gasteiger partial charge on any atom is -0.454 e. The number of carbonyl (C=O) groups excluding carboxylic acids is 3. The number of hydrogen-bond donors (Lipinski definition) is 2. The monoisotopic (exact) mass is 413 g/mol. The second-order valence-corrected chi connectivity index (χ2v) is 6.05. The van der Waals surface area contributed by atoms with Crippen LogP contribution in [0.15, 0.2) is 53.7 Å². The molecule has 3 rings (SSSR count). The summed E-state index contributed by atoms with van der Waals surface area (Å²) in [5, 5.41) is 3.84. The van der Waals surface area contributed by atoms with E-state index in [1.165, 1.54) is 0 Å². The van der Waals surface area contributed by atoms with Crippen LogP contribution in [0.3, 0.4) is 0 Å². The molecule has 10 heteroatoms. The number of nitrogens with one attached hydrogen (secondary N) is 2. The minimum absolute atomic E-state index is 0.167. The van der Waals surface area contributed by atoms with Gasteiger partial charge in [0.05, 0.1) is 5.71 Å². The largest absolute Gasteiger partial charge is 0.454 e. The number of benzene rings is 2. The lowest BCUT2D eigenvalue weighted by atomic mass is 10.1. The zero-order chi connectivity index (χ0) is 21.3. The van der Waals surface area contributed by atoms with Gasteiger partial charge < -0.3 is 19.0 Å². The summed E-state index contributed by atoms with van der Waals surface area (Å²) in [6.07, 6.45) is 0. The number of fused-ring (bicyclic) bond motifs is 1. The van der Waals surface area contributed by atoms with Crippen molar-refractivity contribution in [2.75, 3.05) is 20.0 Å². The third kappa shape index (κ3) is 5.71. The van der Waals surface area contributed by atoms with Crippen LogP contribution >= 0.6 is 0 Å². The van der Waals surface area contributed by atoms with Gasteiger partial charge in [-0.25, -0.2) is 4.79 Å². The Morgan fingerprint density at radius 2 is 1.73 bits per heavy atom. The fraction of sp³-hybridized carbons (Fsp3) is 0.200. The van der Waals surface area contributed by atoms with E-state index in [0.717, 1.165) is 5.56 Å². The number of rotatable bonds is 7. The van der Waals surface area contributed by atoms with Crippen molar-refractivity contribution >= 4 is 23.5 Å². The van der Waals surface area contributed by atoms with Crippen LogP contribution in [0.25, 0.3) is 0 Å². The molecule has 0 aliphatic carbocycles. The van der Waals surface area contributed by atoms with E-state index < -0.39 is 31.0 Å². The van der Waals surface area contributed by atoms with Gasteiger partial charge in [0, 0.05) is 11.1 Å². The summed E-state index contributed by atoms with van der Waals surface area (Å²) in [5.74, 6) is -0.734. The fourth-order valence-corrected chi connectivity index (χ4v) is 2.37. The lowest BCUT2D eigenvalue weighted by Gasteiger charge is -2.08. The average Bonchev–Trinajstić information content (AvgIpc) is 3.24. The van der Waals surface area contributed by atoms with Crippen molar-refractivity contribution in [1.82, 2.24) is 10.9 Å². The standard InChI is InChI=1S/C20H19N3O7/c1-13(15-7-8-16-17(9-15)29-12-28-16)23-30-11-19(25)27-10-18(24)21-22-20(26)14-5-3-2-4-6-14/h2-9H,10-12H2,1H3,(H,21,24)(H,22,26)/b23-13-. The van der Waals surface area contributed by atoms with Crippen LogP contribution in [0.5, 0.6) is 11.5 Å². The number of hydrogen-bond acceptors (Lipinski definition) is 8. The van der Waals surface area contributed by atoms with Crippen LogP contribution in [0, 0.1) is 0 Å². The van der Waals surface area contributed by atoms with Gasteiger partial charge in [-0.3, -0.25) is 20.4 Å². The summed E-state index contributed by atoms with van der Waals surface area (Å²) in [6.45, 7) is 0.806. The first-order valence-corrected chi connectivity index (χ1v) is 8.89. The van der Waals surface area contributed by atoms with Crippen molar-refractivity contribution in [2.24, 2.45) is 5.16 Å². The highest BCUT2D eigenvalue weighted by Crippen LogP contribution is 2.32. The van der Waals surface area contributed by atoms with Crippen LogP contribution in [0.1, 0.15) is 22.8 Å². The molecule has 2 N–H and O–H groups in total. The molecular weight excluding hydrogens is 394 g/mol. The lowest BCUT2D eigenvalue weighted by molar-refractivity contribution is -0.153. The van der Waals surface area contributed by atoms with E-state index >= 15 is 0 Å². The molecule has 1 heterocycles. The third-order valence-electron chi connectivity index (χ3n) is 3.89. The van der Waals surface area contributed by atoms with Crippen LogP contribution in [-0.4, -0.2) is 43.5 Å². The number of amides is 2. The van der Waals surface area contributed by atoms with Crippen molar-refractivity contribution in [3.05, 3.63) is 59.7 Å². The third-order valence-corrected chi connectivity index (χ3v) is 3.89. The number of carbonyl (C=O) groups is 3. The van der Waals surface area contributed by atoms with Crippen LogP contribution in [-0.2, 0) is 19.2 Å². The molecule has 156 valence electrons. The van der Waals surface area contributed by atoms with E-state index in [2.05, 4.69) is 16.0 Å². The molecule has 0 saturated carbocycles. The van der Waals surface area contributed by atoms with Crippen LogP contribution < -0.4 is 20.3 Å². The zero-order valence-electron chi connectivity index (χ0n) is 16.0. The molecule has 0 radical (unpaired) electrons. The molecule has 0 fully saturated rings. The number of ether oxygens (including phenoxy) is 3. The van der Waals surface area contributed by atoms with Gasteiger partial charge in [0.15, 0.2) is 18.1 Å². The smallest absolute Gasteiger partial charge is 0.347 e. The Morgan fingerprint density at radius 3 is 2.53 bits per heavy atom. The molecule has 0 atom stereocenters. The first kappa shape index (κ1) is 20.6. The number of hydrazine groups is 1. The molecule has 2 amide bonds. The molecular formula is C20H19N3O7. The predicted molar refractivity (Wildman–Crippen MR) is 104 cm³/mol. The Hall–Kier alpha value is -4.08. The van der Waals surface area contributed by atoms with E-state index in [1.807, 2.05) is 0 Å². The Bertz CT molecular complexity index is 960. The Kier molecular flexibility index (Phi) is 6.83. The van der Waals surface area contributed by atoms with Crippen molar-refractivity contribution in [3.8, 4) is 11.5 Å². The Morgan fingerprint density at radius 1 is 0.967 bits per heavy atom. The minimum atomic E-state index is -0.790. The van der Waals surface area contributed by atoms with Crippen molar-refractivity contribution < 1.29 is 33.4 Å². The van der Waals surface area contributed by atoms with Crippen molar-refractivity contribution in [2.45, 2.75) is 6.92 Å². The van der Waals surface area contributed by atoms with Crippen molar-refractivity contribution in [1.29, 1.82) is 0 Å². The van der Waals surface area contributed by atoms with Gasteiger partial charge in [-0.15, -0.1) is 0 Å². The van der Waals surface area contributed by atoms with Crippen LogP contribution in [0.2, 0.25) is 0 Å². The predicted octanol–water partition coefficient (Wildman–Crippen LogP) is 1.16. The molecule has 0 aromatic heterocycles. The maximum atomic E-state index is 11.8. The van der Waals surface area contributed by atoms with Gasteiger partial charge in [0.25, 0.3) is 11.8 Å². The highest BCUT2D eigenvalue weighted by molar-refractivity contribution is 5.99. The summed E-state index contributed by atoms with van der Waals surface area (Å²) < 4.78 is 15.3. The molecule has 1 aliphatic heterocycles. The second kappa shape index (κ2) is 9.92. The highest BCUT2D eigenvalue weighted by atomic mass is 16.7. The van der Waals surface area contributed by atoms with Gasteiger partial charge in [0.2, 0.25) is 13.4 Å². The molecule has 2 aromatic rings. The summed E-state index contributed by atoms with van der Waals surface area (Å²) >= 11 is 0. The molecule has 2 aromatic carbocycles. The SMILES string of the molecule is C/C(=N/OCC(=O)OCC(=O)NNC(=O)c1ccccc1)c1ccc2c(c1)OCO2. The van der Waals surface area contributed by atoms with Gasteiger partial charge in [-0.05, 0) is 37.3 Å².